The van der Waals surface area contributed by atoms with Crippen molar-refractivity contribution in [2.75, 3.05) is 12.4 Å². The molecule has 0 aliphatic carbocycles. The zero-order chi connectivity index (χ0) is 13.8. The number of benzene rings is 2. The maximum atomic E-state index is 6.19. The Balaban J connectivity index is 2.15. The maximum Gasteiger partial charge on any atom is 0.118 e. The zero-order valence-corrected chi connectivity index (χ0v) is 12.2. The molecule has 2 aromatic carbocycles. The van der Waals surface area contributed by atoms with Crippen LogP contribution in [0.4, 0.5) is 5.69 Å². The molecular weight excluding hydrogens is 258 g/mol. The summed E-state index contributed by atoms with van der Waals surface area (Å²) in [5, 5.41) is 4.17. The van der Waals surface area contributed by atoms with Crippen LogP contribution in [-0.4, -0.2) is 7.11 Å². The van der Waals surface area contributed by atoms with Crippen molar-refractivity contribution in [1.29, 1.82) is 0 Å². The molecule has 0 bridgehead atoms. The van der Waals surface area contributed by atoms with E-state index in [0.29, 0.717) is 0 Å². The van der Waals surface area contributed by atoms with E-state index in [1.807, 2.05) is 24.3 Å². The van der Waals surface area contributed by atoms with Crippen molar-refractivity contribution < 1.29 is 4.74 Å². The monoisotopic (exact) mass is 275 g/mol. The van der Waals surface area contributed by atoms with Gasteiger partial charge in [0, 0.05) is 6.04 Å². The van der Waals surface area contributed by atoms with E-state index >= 15 is 0 Å². The Kier molecular flexibility index (Phi) is 4.33. The molecule has 2 rings (SSSR count). The Morgan fingerprint density at radius 2 is 1.79 bits per heavy atom. The zero-order valence-electron chi connectivity index (χ0n) is 11.4. The molecule has 0 spiro atoms. The van der Waals surface area contributed by atoms with E-state index in [-0.39, 0.29) is 6.04 Å². The highest BCUT2D eigenvalue weighted by Crippen LogP contribution is 2.27. The van der Waals surface area contributed by atoms with Crippen molar-refractivity contribution in [3.63, 3.8) is 0 Å². The fourth-order valence-electron chi connectivity index (χ4n) is 1.96. The summed E-state index contributed by atoms with van der Waals surface area (Å²) < 4.78 is 5.16. The van der Waals surface area contributed by atoms with Gasteiger partial charge in [-0.3, -0.25) is 0 Å². The molecule has 19 heavy (non-hydrogen) atoms. The molecule has 0 heterocycles. The normalized spacial score (nSPS) is 12.0. The average Bonchev–Trinajstić information content (AvgIpc) is 2.43. The first-order valence-electron chi connectivity index (χ1n) is 6.27. The molecule has 1 unspecified atom stereocenters. The van der Waals surface area contributed by atoms with Gasteiger partial charge in [-0.1, -0.05) is 29.8 Å². The summed E-state index contributed by atoms with van der Waals surface area (Å²) in [5.74, 6) is 0.865. The number of hydrogen-bond acceptors (Lipinski definition) is 2. The molecule has 0 aliphatic heterocycles. The van der Waals surface area contributed by atoms with Gasteiger partial charge >= 0.3 is 0 Å². The van der Waals surface area contributed by atoms with Gasteiger partial charge in [0.1, 0.15) is 5.75 Å². The lowest BCUT2D eigenvalue weighted by Gasteiger charge is -2.17. The minimum absolute atomic E-state index is 0.185. The summed E-state index contributed by atoms with van der Waals surface area (Å²) in [6.07, 6.45) is 0. The van der Waals surface area contributed by atoms with Crippen molar-refractivity contribution in [1.82, 2.24) is 0 Å². The molecule has 3 heteroatoms. The van der Waals surface area contributed by atoms with Gasteiger partial charge in [-0.15, -0.1) is 0 Å². The second kappa shape index (κ2) is 5.98. The van der Waals surface area contributed by atoms with E-state index in [4.69, 9.17) is 16.3 Å². The van der Waals surface area contributed by atoms with Gasteiger partial charge < -0.3 is 10.1 Å². The van der Waals surface area contributed by atoms with Crippen LogP contribution in [0.5, 0.6) is 5.75 Å². The number of halogens is 1. The third kappa shape index (κ3) is 3.42. The summed E-state index contributed by atoms with van der Waals surface area (Å²) in [7, 11) is 1.67. The quantitative estimate of drug-likeness (QED) is 0.863. The van der Waals surface area contributed by atoms with Gasteiger partial charge in [0.2, 0.25) is 0 Å². The van der Waals surface area contributed by atoms with Gasteiger partial charge in [-0.05, 0) is 49.2 Å². The van der Waals surface area contributed by atoms with Gasteiger partial charge in [-0.25, -0.2) is 0 Å². The van der Waals surface area contributed by atoms with Gasteiger partial charge in [-0.2, -0.15) is 0 Å². The first kappa shape index (κ1) is 13.8. The molecule has 0 saturated carbocycles. The Morgan fingerprint density at radius 3 is 2.42 bits per heavy atom. The van der Waals surface area contributed by atoms with Crippen LogP contribution >= 0.6 is 11.6 Å². The van der Waals surface area contributed by atoms with E-state index in [9.17, 15) is 0 Å². The number of methoxy groups -OCH3 is 1. The van der Waals surface area contributed by atoms with E-state index in [1.165, 1.54) is 11.1 Å². The van der Waals surface area contributed by atoms with Gasteiger partial charge in [0.25, 0.3) is 0 Å². The minimum atomic E-state index is 0.185. The van der Waals surface area contributed by atoms with Crippen molar-refractivity contribution >= 4 is 17.3 Å². The largest absolute Gasteiger partial charge is 0.497 e. The fourth-order valence-corrected chi connectivity index (χ4v) is 2.13. The second-order valence-corrected chi connectivity index (χ2v) is 5.03. The SMILES string of the molecule is COc1ccc(C(C)Nc2cc(C)ccc2Cl)cc1. The summed E-state index contributed by atoms with van der Waals surface area (Å²) >= 11 is 6.19. The van der Waals surface area contributed by atoms with Crippen molar-refractivity contribution in [3.05, 3.63) is 58.6 Å². The number of ether oxygens (including phenoxy) is 1. The Labute approximate surface area is 119 Å². The molecule has 0 aliphatic rings. The number of anilines is 1. The predicted molar refractivity (Wildman–Crippen MR) is 81.2 cm³/mol. The first-order valence-corrected chi connectivity index (χ1v) is 6.64. The van der Waals surface area contributed by atoms with E-state index in [2.05, 4.69) is 37.4 Å². The van der Waals surface area contributed by atoms with Crippen LogP contribution < -0.4 is 10.1 Å². The molecule has 0 fully saturated rings. The standard InChI is InChI=1S/C16H18ClNO/c1-11-4-9-15(17)16(10-11)18-12(2)13-5-7-14(19-3)8-6-13/h4-10,12,18H,1-3H3. The minimum Gasteiger partial charge on any atom is -0.497 e. The number of aryl methyl sites for hydroxylation is 1. The van der Waals surface area contributed by atoms with Crippen molar-refractivity contribution in [2.45, 2.75) is 19.9 Å². The molecule has 1 atom stereocenters. The molecule has 2 aromatic rings. The summed E-state index contributed by atoms with van der Waals surface area (Å²) in [4.78, 5) is 0. The van der Waals surface area contributed by atoms with Crippen LogP contribution in [0.3, 0.4) is 0 Å². The smallest absolute Gasteiger partial charge is 0.118 e. The van der Waals surface area contributed by atoms with Crippen molar-refractivity contribution in [2.24, 2.45) is 0 Å². The van der Waals surface area contributed by atoms with Crippen LogP contribution in [0.15, 0.2) is 42.5 Å². The highest BCUT2D eigenvalue weighted by atomic mass is 35.5. The van der Waals surface area contributed by atoms with Crippen LogP contribution in [0.2, 0.25) is 5.02 Å². The van der Waals surface area contributed by atoms with Crippen LogP contribution in [0.25, 0.3) is 0 Å². The lowest BCUT2D eigenvalue weighted by atomic mass is 10.1. The summed E-state index contributed by atoms with van der Waals surface area (Å²) in [5.41, 5.74) is 3.34. The van der Waals surface area contributed by atoms with E-state index in [1.54, 1.807) is 7.11 Å². The van der Waals surface area contributed by atoms with Crippen molar-refractivity contribution in [3.8, 4) is 5.75 Å². The summed E-state index contributed by atoms with van der Waals surface area (Å²) in [6.45, 7) is 4.17. The Bertz CT molecular complexity index is 551. The number of hydrogen-bond donors (Lipinski definition) is 1. The molecule has 0 radical (unpaired) electrons. The van der Waals surface area contributed by atoms with Crippen LogP contribution in [0, 0.1) is 6.92 Å². The average molecular weight is 276 g/mol. The Morgan fingerprint density at radius 1 is 1.11 bits per heavy atom. The van der Waals surface area contributed by atoms with Gasteiger partial charge in [0.05, 0.1) is 17.8 Å². The third-order valence-electron chi connectivity index (χ3n) is 3.11. The lowest BCUT2D eigenvalue weighted by molar-refractivity contribution is 0.414. The molecule has 2 nitrogen and oxygen atoms in total. The molecular formula is C16H18ClNO. The van der Waals surface area contributed by atoms with E-state index in [0.717, 1.165) is 16.5 Å². The topological polar surface area (TPSA) is 21.3 Å². The fraction of sp³-hybridized carbons (Fsp3) is 0.250. The molecule has 1 N–H and O–H groups in total. The molecule has 100 valence electrons. The number of nitrogens with one attached hydrogen (secondary N) is 1. The molecule has 0 saturated heterocycles. The molecule has 0 aromatic heterocycles. The summed E-state index contributed by atoms with van der Waals surface area (Å²) in [6, 6.07) is 14.2. The highest BCUT2D eigenvalue weighted by molar-refractivity contribution is 6.33. The Hall–Kier alpha value is -1.67. The third-order valence-corrected chi connectivity index (χ3v) is 3.44. The maximum absolute atomic E-state index is 6.19. The second-order valence-electron chi connectivity index (χ2n) is 4.62. The highest BCUT2D eigenvalue weighted by Gasteiger charge is 2.08. The van der Waals surface area contributed by atoms with Gasteiger partial charge in [0.15, 0.2) is 0 Å². The first-order chi connectivity index (χ1) is 9.10. The van der Waals surface area contributed by atoms with Crippen LogP contribution in [-0.2, 0) is 0 Å². The van der Waals surface area contributed by atoms with Crippen LogP contribution in [0.1, 0.15) is 24.1 Å². The van der Waals surface area contributed by atoms with E-state index < -0.39 is 0 Å². The lowest BCUT2D eigenvalue weighted by Crippen LogP contribution is -2.07. The molecule has 0 amide bonds. The predicted octanol–water partition coefficient (Wildman–Crippen LogP) is 4.83. The number of rotatable bonds is 4.